The highest BCUT2D eigenvalue weighted by Gasteiger charge is 2.25. The third kappa shape index (κ3) is 3.87. The Morgan fingerprint density at radius 1 is 1.30 bits per heavy atom. The SMILES string of the molecule is CCN(CC)C1CCN(CCOc2ccccc2N)C1. The van der Waals surface area contributed by atoms with Crippen molar-refractivity contribution in [3.8, 4) is 5.75 Å². The predicted octanol–water partition coefficient (Wildman–Crippen LogP) is 2.06. The van der Waals surface area contributed by atoms with Crippen molar-refractivity contribution in [3.05, 3.63) is 24.3 Å². The van der Waals surface area contributed by atoms with Gasteiger partial charge in [-0.05, 0) is 38.2 Å². The fourth-order valence-corrected chi connectivity index (χ4v) is 2.95. The Balaban J connectivity index is 1.72. The van der Waals surface area contributed by atoms with E-state index in [2.05, 4.69) is 23.6 Å². The maximum absolute atomic E-state index is 5.87. The van der Waals surface area contributed by atoms with Crippen LogP contribution in [0.25, 0.3) is 0 Å². The van der Waals surface area contributed by atoms with Crippen LogP contribution >= 0.6 is 0 Å². The summed E-state index contributed by atoms with van der Waals surface area (Å²) >= 11 is 0. The van der Waals surface area contributed by atoms with Crippen LogP contribution in [-0.4, -0.2) is 55.2 Å². The number of likely N-dealkylation sites (tertiary alicyclic amines) is 1. The van der Waals surface area contributed by atoms with Crippen molar-refractivity contribution in [2.24, 2.45) is 0 Å². The molecule has 2 N–H and O–H groups in total. The predicted molar refractivity (Wildman–Crippen MR) is 84.1 cm³/mol. The van der Waals surface area contributed by atoms with E-state index in [1.165, 1.54) is 13.0 Å². The summed E-state index contributed by atoms with van der Waals surface area (Å²) in [6.07, 6.45) is 1.27. The number of anilines is 1. The lowest BCUT2D eigenvalue weighted by molar-refractivity contribution is 0.195. The molecule has 0 saturated carbocycles. The Hall–Kier alpha value is -1.26. The summed E-state index contributed by atoms with van der Waals surface area (Å²) < 4.78 is 5.77. The number of nitrogens with two attached hydrogens (primary N) is 1. The van der Waals surface area contributed by atoms with Crippen LogP contribution in [0.1, 0.15) is 20.3 Å². The smallest absolute Gasteiger partial charge is 0.142 e. The van der Waals surface area contributed by atoms with Crippen molar-refractivity contribution >= 4 is 5.69 Å². The lowest BCUT2D eigenvalue weighted by Gasteiger charge is -2.26. The molecule has 1 aliphatic heterocycles. The minimum atomic E-state index is 0.708. The van der Waals surface area contributed by atoms with Gasteiger partial charge in [0.25, 0.3) is 0 Å². The van der Waals surface area contributed by atoms with Crippen LogP contribution in [-0.2, 0) is 0 Å². The Kier molecular flexibility index (Phi) is 5.68. The van der Waals surface area contributed by atoms with E-state index >= 15 is 0 Å². The van der Waals surface area contributed by atoms with Gasteiger partial charge in [0, 0.05) is 19.1 Å². The zero-order valence-corrected chi connectivity index (χ0v) is 12.7. The normalized spacial score (nSPS) is 19.6. The molecule has 1 heterocycles. The Morgan fingerprint density at radius 3 is 2.75 bits per heavy atom. The molecule has 2 rings (SSSR count). The first kappa shape index (κ1) is 15.1. The standard InChI is InChI=1S/C16H27N3O/c1-3-19(4-2)14-9-10-18(13-14)11-12-20-16-8-6-5-7-15(16)17/h5-8,14H,3-4,9-13,17H2,1-2H3. The average molecular weight is 277 g/mol. The molecule has 0 radical (unpaired) electrons. The van der Waals surface area contributed by atoms with Gasteiger partial charge in [0.05, 0.1) is 5.69 Å². The second-order valence-corrected chi connectivity index (χ2v) is 5.35. The number of hydrogen-bond donors (Lipinski definition) is 1. The van der Waals surface area contributed by atoms with Gasteiger partial charge in [-0.15, -0.1) is 0 Å². The molecule has 1 aromatic carbocycles. The summed E-state index contributed by atoms with van der Waals surface area (Å²) in [5.41, 5.74) is 6.58. The summed E-state index contributed by atoms with van der Waals surface area (Å²) in [5.74, 6) is 0.798. The van der Waals surface area contributed by atoms with Crippen LogP contribution in [0.4, 0.5) is 5.69 Å². The Morgan fingerprint density at radius 2 is 2.05 bits per heavy atom. The third-order valence-corrected chi connectivity index (χ3v) is 4.16. The molecule has 0 aliphatic carbocycles. The highest BCUT2D eigenvalue weighted by atomic mass is 16.5. The van der Waals surface area contributed by atoms with Crippen molar-refractivity contribution in [2.75, 3.05) is 45.1 Å². The van der Waals surface area contributed by atoms with E-state index in [4.69, 9.17) is 10.5 Å². The monoisotopic (exact) mass is 277 g/mol. The van der Waals surface area contributed by atoms with E-state index in [0.29, 0.717) is 12.6 Å². The molecule has 112 valence electrons. The molecule has 1 saturated heterocycles. The molecule has 4 heteroatoms. The van der Waals surface area contributed by atoms with E-state index in [9.17, 15) is 0 Å². The molecule has 20 heavy (non-hydrogen) atoms. The number of hydrogen-bond acceptors (Lipinski definition) is 4. The molecule has 1 atom stereocenters. The molecule has 1 unspecified atom stereocenters. The lowest BCUT2D eigenvalue weighted by atomic mass is 10.2. The van der Waals surface area contributed by atoms with E-state index in [0.717, 1.165) is 37.6 Å². The summed E-state index contributed by atoms with van der Waals surface area (Å²) in [6, 6.07) is 8.40. The largest absolute Gasteiger partial charge is 0.490 e. The second-order valence-electron chi connectivity index (χ2n) is 5.35. The molecular weight excluding hydrogens is 250 g/mol. The van der Waals surface area contributed by atoms with Crippen LogP contribution in [0.5, 0.6) is 5.75 Å². The third-order valence-electron chi connectivity index (χ3n) is 4.16. The van der Waals surface area contributed by atoms with Gasteiger partial charge < -0.3 is 10.5 Å². The van der Waals surface area contributed by atoms with Gasteiger partial charge in [0.15, 0.2) is 0 Å². The second kappa shape index (κ2) is 7.50. The highest BCUT2D eigenvalue weighted by Crippen LogP contribution is 2.20. The average Bonchev–Trinajstić information content (AvgIpc) is 2.91. The number of para-hydroxylation sites is 2. The minimum absolute atomic E-state index is 0.708. The zero-order chi connectivity index (χ0) is 14.4. The molecule has 1 fully saturated rings. The van der Waals surface area contributed by atoms with Gasteiger partial charge in [0.2, 0.25) is 0 Å². The minimum Gasteiger partial charge on any atom is -0.490 e. The number of benzene rings is 1. The molecule has 0 aromatic heterocycles. The van der Waals surface area contributed by atoms with Gasteiger partial charge in [-0.3, -0.25) is 9.80 Å². The maximum atomic E-state index is 5.87. The van der Waals surface area contributed by atoms with Crippen LogP contribution in [0.3, 0.4) is 0 Å². The van der Waals surface area contributed by atoms with E-state index in [-0.39, 0.29) is 0 Å². The number of likely N-dealkylation sites (N-methyl/N-ethyl adjacent to an activating group) is 1. The summed E-state index contributed by atoms with van der Waals surface area (Å²) in [4.78, 5) is 5.04. The molecular formula is C16H27N3O. The lowest BCUT2D eigenvalue weighted by Crippen LogP contribution is -2.37. The number of rotatable bonds is 7. The summed E-state index contributed by atoms with van der Waals surface area (Å²) in [7, 11) is 0. The molecule has 0 spiro atoms. The summed E-state index contributed by atoms with van der Waals surface area (Å²) in [6.45, 7) is 10.8. The first-order chi connectivity index (χ1) is 9.74. The van der Waals surface area contributed by atoms with E-state index < -0.39 is 0 Å². The van der Waals surface area contributed by atoms with Crippen molar-refractivity contribution < 1.29 is 4.74 Å². The molecule has 1 aliphatic rings. The van der Waals surface area contributed by atoms with Gasteiger partial charge in [0.1, 0.15) is 12.4 Å². The maximum Gasteiger partial charge on any atom is 0.142 e. The van der Waals surface area contributed by atoms with Crippen molar-refractivity contribution in [1.29, 1.82) is 0 Å². The van der Waals surface area contributed by atoms with Crippen LogP contribution < -0.4 is 10.5 Å². The quantitative estimate of drug-likeness (QED) is 0.775. The van der Waals surface area contributed by atoms with Crippen LogP contribution in [0.15, 0.2) is 24.3 Å². The van der Waals surface area contributed by atoms with E-state index in [1.54, 1.807) is 0 Å². The Labute approximate surface area is 122 Å². The Bertz CT molecular complexity index is 406. The summed E-state index contributed by atoms with van der Waals surface area (Å²) in [5, 5.41) is 0. The first-order valence-electron chi connectivity index (χ1n) is 7.68. The molecule has 4 nitrogen and oxygen atoms in total. The molecule has 0 bridgehead atoms. The van der Waals surface area contributed by atoms with Crippen molar-refractivity contribution in [2.45, 2.75) is 26.3 Å². The van der Waals surface area contributed by atoms with Crippen molar-refractivity contribution in [1.82, 2.24) is 9.80 Å². The molecule has 0 amide bonds. The fourth-order valence-electron chi connectivity index (χ4n) is 2.95. The van der Waals surface area contributed by atoms with Crippen LogP contribution in [0, 0.1) is 0 Å². The van der Waals surface area contributed by atoms with Gasteiger partial charge >= 0.3 is 0 Å². The number of nitrogen functional groups attached to an aromatic ring is 1. The first-order valence-corrected chi connectivity index (χ1v) is 7.68. The van der Waals surface area contributed by atoms with Gasteiger partial charge in [-0.2, -0.15) is 0 Å². The van der Waals surface area contributed by atoms with E-state index in [1.807, 2.05) is 24.3 Å². The molecule has 1 aromatic rings. The topological polar surface area (TPSA) is 41.7 Å². The zero-order valence-electron chi connectivity index (χ0n) is 12.7. The van der Waals surface area contributed by atoms with Crippen molar-refractivity contribution in [3.63, 3.8) is 0 Å². The number of ether oxygens (including phenoxy) is 1. The van der Waals surface area contributed by atoms with Gasteiger partial charge in [-0.25, -0.2) is 0 Å². The number of nitrogens with zero attached hydrogens (tertiary/aromatic N) is 2. The fraction of sp³-hybridized carbons (Fsp3) is 0.625. The van der Waals surface area contributed by atoms with Gasteiger partial charge in [-0.1, -0.05) is 26.0 Å². The van der Waals surface area contributed by atoms with Crippen LogP contribution in [0.2, 0.25) is 0 Å². The highest BCUT2D eigenvalue weighted by molar-refractivity contribution is 5.51.